The Balaban J connectivity index is 1.64. The normalized spacial score (nSPS) is 16.3. The van der Waals surface area contributed by atoms with Crippen molar-refractivity contribution in [2.75, 3.05) is 45.4 Å². The minimum Gasteiger partial charge on any atom is -0.491 e. The van der Waals surface area contributed by atoms with Gasteiger partial charge in [-0.2, -0.15) is 0 Å². The van der Waals surface area contributed by atoms with Crippen LogP contribution in [0.2, 0.25) is 0 Å². The maximum atomic E-state index is 9.99. The van der Waals surface area contributed by atoms with E-state index in [1.54, 1.807) is 7.05 Å². The van der Waals surface area contributed by atoms with Crippen LogP contribution in [0.15, 0.2) is 48.7 Å². The second-order valence-electron chi connectivity index (χ2n) is 9.10. The zero-order valence-electron chi connectivity index (χ0n) is 20.8. The first-order chi connectivity index (χ1) is 17.0. The van der Waals surface area contributed by atoms with E-state index in [1.807, 2.05) is 55.7 Å². The number of aromatic nitrogens is 3. The summed E-state index contributed by atoms with van der Waals surface area (Å²) in [5, 5.41) is 12.9. The van der Waals surface area contributed by atoms with Gasteiger partial charge >= 0.3 is 0 Å². The first-order valence-corrected chi connectivity index (χ1v) is 12.2. The Labute approximate surface area is 207 Å². The van der Waals surface area contributed by atoms with Crippen molar-refractivity contribution in [3.8, 4) is 17.1 Å². The largest absolute Gasteiger partial charge is 0.491 e. The molecular formula is C27H35N5O3. The van der Waals surface area contributed by atoms with Crippen molar-refractivity contribution in [1.82, 2.24) is 20.3 Å². The van der Waals surface area contributed by atoms with Crippen LogP contribution in [0.25, 0.3) is 11.4 Å². The molecule has 8 nitrogen and oxygen atoms in total. The van der Waals surface area contributed by atoms with Gasteiger partial charge in [0.05, 0.1) is 12.2 Å². The molecule has 0 spiro atoms. The lowest BCUT2D eigenvalue weighted by Gasteiger charge is -2.23. The fourth-order valence-electron chi connectivity index (χ4n) is 4.29. The Kier molecular flexibility index (Phi) is 8.63. The standard InChI is InChI=1S/C27H35N5O3/c1-19-25(13-20-10-12-34-17-20)30-26(31-27(19)32(3)16-22-8-4-5-11-29-22)21-7-6-9-24(14-21)35-18-23(33)15-28-2/h4-9,11,14,20,23,28,33H,10,12-13,15-18H2,1-3H3/t20-,23?/m0/s1. The number of aliphatic hydroxyl groups is 1. The van der Waals surface area contributed by atoms with Crippen LogP contribution in [-0.4, -0.2) is 66.6 Å². The Morgan fingerprint density at radius 1 is 1.23 bits per heavy atom. The third-order valence-corrected chi connectivity index (χ3v) is 6.19. The second-order valence-corrected chi connectivity index (χ2v) is 9.10. The van der Waals surface area contributed by atoms with Gasteiger partial charge in [0.1, 0.15) is 24.3 Å². The van der Waals surface area contributed by atoms with Crippen LogP contribution < -0.4 is 15.0 Å². The molecule has 0 aliphatic carbocycles. The lowest BCUT2D eigenvalue weighted by molar-refractivity contribution is 0.108. The number of hydrogen-bond donors (Lipinski definition) is 2. The first-order valence-electron chi connectivity index (χ1n) is 12.2. The van der Waals surface area contributed by atoms with Gasteiger partial charge in [-0.3, -0.25) is 4.98 Å². The van der Waals surface area contributed by atoms with Crippen LogP contribution in [0, 0.1) is 12.8 Å². The van der Waals surface area contributed by atoms with Crippen LogP contribution in [0.4, 0.5) is 5.82 Å². The van der Waals surface area contributed by atoms with E-state index in [0.717, 1.165) is 54.4 Å². The highest BCUT2D eigenvalue weighted by atomic mass is 16.5. The van der Waals surface area contributed by atoms with Crippen LogP contribution in [0.1, 0.15) is 23.4 Å². The molecule has 35 heavy (non-hydrogen) atoms. The summed E-state index contributed by atoms with van der Waals surface area (Å²) >= 11 is 0. The molecule has 4 rings (SSSR count). The van der Waals surface area contributed by atoms with E-state index in [1.165, 1.54) is 0 Å². The van der Waals surface area contributed by atoms with Crippen molar-refractivity contribution in [1.29, 1.82) is 0 Å². The summed E-state index contributed by atoms with van der Waals surface area (Å²) in [6.07, 6.45) is 3.15. The molecule has 8 heteroatoms. The molecule has 0 amide bonds. The molecule has 1 unspecified atom stereocenters. The SMILES string of the molecule is CNCC(O)COc1cccc(-c2nc(C[C@@H]3CCOC3)c(C)c(N(C)Cc3ccccn3)n2)c1. The summed E-state index contributed by atoms with van der Waals surface area (Å²) in [6, 6.07) is 13.7. The molecule has 0 saturated carbocycles. The smallest absolute Gasteiger partial charge is 0.161 e. The average Bonchev–Trinajstić information content (AvgIpc) is 3.38. The van der Waals surface area contributed by atoms with Gasteiger partial charge in [-0.15, -0.1) is 0 Å². The number of rotatable bonds is 11. The van der Waals surface area contributed by atoms with Gasteiger partial charge in [-0.05, 0) is 57.0 Å². The van der Waals surface area contributed by atoms with Crippen molar-refractivity contribution >= 4 is 5.82 Å². The van der Waals surface area contributed by atoms with E-state index < -0.39 is 6.10 Å². The van der Waals surface area contributed by atoms with Crippen LogP contribution in [0.5, 0.6) is 5.75 Å². The average molecular weight is 478 g/mol. The molecule has 186 valence electrons. The number of pyridine rings is 1. The van der Waals surface area contributed by atoms with Gasteiger partial charge in [-0.25, -0.2) is 9.97 Å². The molecule has 2 atom stereocenters. The highest BCUT2D eigenvalue weighted by Gasteiger charge is 2.22. The quantitative estimate of drug-likeness (QED) is 0.435. The summed E-state index contributed by atoms with van der Waals surface area (Å²) in [5.41, 5.74) is 3.99. The number of likely N-dealkylation sites (N-methyl/N-ethyl adjacent to an activating group) is 1. The lowest BCUT2D eigenvalue weighted by Crippen LogP contribution is -2.29. The van der Waals surface area contributed by atoms with Crippen molar-refractivity contribution in [2.24, 2.45) is 5.92 Å². The molecule has 1 saturated heterocycles. The number of anilines is 1. The molecule has 2 aromatic heterocycles. The zero-order chi connectivity index (χ0) is 24.6. The highest BCUT2D eigenvalue weighted by molar-refractivity contribution is 5.62. The summed E-state index contributed by atoms with van der Waals surface area (Å²) in [7, 11) is 3.84. The monoisotopic (exact) mass is 477 g/mol. The number of ether oxygens (including phenoxy) is 2. The lowest BCUT2D eigenvalue weighted by atomic mass is 9.99. The molecule has 3 heterocycles. The second kappa shape index (κ2) is 12.1. The minimum absolute atomic E-state index is 0.212. The van der Waals surface area contributed by atoms with Gasteiger partial charge in [0, 0.05) is 49.8 Å². The summed E-state index contributed by atoms with van der Waals surface area (Å²) < 4.78 is 11.4. The molecular weight excluding hydrogens is 442 g/mol. The van der Waals surface area contributed by atoms with E-state index in [2.05, 4.69) is 22.1 Å². The maximum absolute atomic E-state index is 9.99. The number of benzene rings is 1. The summed E-state index contributed by atoms with van der Waals surface area (Å²) in [4.78, 5) is 16.6. The van der Waals surface area contributed by atoms with Crippen molar-refractivity contribution < 1.29 is 14.6 Å². The number of hydrogen-bond acceptors (Lipinski definition) is 8. The molecule has 0 bridgehead atoms. The van der Waals surface area contributed by atoms with E-state index in [-0.39, 0.29) is 6.61 Å². The molecule has 1 aliphatic heterocycles. The van der Waals surface area contributed by atoms with Crippen molar-refractivity contribution in [3.63, 3.8) is 0 Å². The molecule has 1 aliphatic rings. The predicted octanol–water partition coefficient (Wildman–Crippen LogP) is 3.02. The van der Waals surface area contributed by atoms with Gasteiger partial charge in [0.2, 0.25) is 0 Å². The number of aliphatic hydroxyl groups excluding tert-OH is 1. The Hall–Kier alpha value is -3.07. The number of nitrogens with one attached hydrogen (secondary N) is 1. The predicted molar refractivity (Wildman–Crippen MR) is 137 cm³/mol. The molecule has 0 radical (unpaired) electrons. The van der Waals surface area contributed by atoms with Gasteiger partial charge in [0.15, 0.2) is 5.82 Å². The zero-order valence-corrected chi connectivity index (χ0v) is 20.8. The van der Waals surface area contributed by atoms with Crippen LogP contribution in [-0.2, 0) is 17.7 Å². The molecule has 1 aromatic carbocycles. The van der Waals surface area contributed by atoms with Crippen molar-refractivity contribution in [3.05, 3.63) is 65.6 Å². The maximum Gasteiger partial charge on any atom is 0.161 e. The van der Waals surface area contributed by atoms with Crippen LogP contribution >= 0.6 is 0 Å². The Morgan fingerprint density at radius 2 is 2.11 bits per heavy atom. The molecule has 2 N–H and O–H groups in total. The van der Waals surface area contributed by atoms with Crippen LogP contribution in [0.3, 0.4) is 0 Å². The van der Waals surface area contributed by atoms with E-state index >= 15 is 0 Å². The fourth-order valence-corrected chi connectivity index (χ4v) is 4.29. The first kappa shape index (κ1) is 25.0. The third kappa shape index (κ3) is 6.75. The fraction of sp³-hybridized carbons (Fsp3) is 0.444. The summed E-state index contributed by atoms with van der Waals surface area (Å²) in [5.74, 6) is 2.70. The summed E-state index contributed by atoms with van der Waals surface area (Å²) in [6.45, 7) is 5.02. The van der Waals surface area contributed by atoms with E-state index in [0.29, 0.717) is 30.6 Å². The van der Waals surface area contributed by atoms with Gasteiger partial charge < -0.3 is 24.8 Å². The highest BCUT2D eigenvalue weighted by Crippen LogP contribution is 2.29. The van der Waals surface area contributed by atoms with E-state index in [9.17, 15) is 5.11 Å². The molecule has 1 fully saturated rings. The Morgan fingerprint density at radius 3 is 2.86 bits per heavy atom. The third-order valence-electron chi connectivity index (χ3n) is 6.19. The topological polar surface area (TPSA) is 92.6 Å². The van der Waals surface area contributed by atoms with E-state index in [4.69, 9.17) is 19.4 Å². The Bertz CT molecular complexity index is 1090. The van der Waals surface area contributed by atoms with Gasteiger partial charge in [-0.1, -0.05) is 18.2 Å². The molecule has 3 aromatic rings. The number of nitrogens with zero attached hydrogens (tertiary/aromatic N) is 4. The van der Waals surface area contributed by atoms with Crippen molar-refractivity contribution in [2.45, 2.75) is 32.4 Å². The van der Waals surface area contributed by atoms with Gasteiger partial charge in [0.25, 0.3) is 0 Å². The minimum atomic E-state index is -0.577.